The molecule has 0 saturated carbocycles. The molecule has 0 fully saturated rings. The van der Waals surface area contributed by atoms with Gasteiger partial charge in [-0.15, -0.1) is 0 Å². The van der Waals surface area contributed by atoms with Crippen LogP contribution in [0.25, 0.3) is 11.4 Å². The Morgan fingerprint density at radius 3 is 2.79 bits per heavy atom. The van der Waals surface area contributed by atoms with Gasteiger partial charge in [-0.05, 0) is 26.1 Å². The van der Waals surface area contributed by atoms with Crippen molar-refractivity contribution in [3.8, 4) is 17.1 Å². The fourth-order valence-corrected chi connectivity index (χ4v) is 1.76. The van der Waals surface area contributed by atoms with E-state index in [2.05, 4.69) is 29.3 Å². The molecule has 0 bridgehead atoms. The van der Waals surface area contributed by atoms with Crippen LogP contribution in [0.15, 0.2) is 28.8 Å². The van der Waals surface area contributed by atoms with Crippen molar-refractivity contribution in [1.82, 2.24) is 15.5 Å². The number of ether oxygens (including phenoxy) is 1. The summed E-state index contributed by atoms with van der Waals surface area (Å²) in [6.07, 6.45) is 0. The van der Waals surface area contributed by atoms with Gasteiger partial charge in [0.05, 0.1) is 13.0 Å². The van der Waals surface area contributed by atoms with E-state index in [1.807, 2.05) is 31.3 Å². The molecular formula is C14H19N3O2. The zero-order valence-electron chi connectivity index (χ0n) is 11.7. The third-order valence-electron chi connectivity index (χ3n) is 3.36. The lowest BCUT2D eigenvalue weighted by Crippen LogP contribution is -2.27. The number of rotatable bonds is 5. The number of likely N-dealkylation sites (N-methyl/N-ethyl adjacent to an activating group) is 1. The van der Waals surface area contributed by atoms with Crippen molar-refractivity contribution in [3.05, 3.63) is 30.2 Å². The van der Waals surface area contributed by atoms with Crippen LogP contribution >= 0.6 is 0 Å². The Balaban J connectivity index is 2.25. The first-order valence-electron chi connectivity index (χ1n) is 6.31. The molecule has 0 aliphatic carbocycles. The molecule has 19 heavy (non-hydrogen) atoms. The van der Waals surface area contributed by atoms with Crippen LogP contribution in [0, 0.1) is 0 Å². The van der Waals surface area contributed by atoms with E-state index in [-0.39, 0.29) is 12.0 Å². The molecule has 1 heterocycles. The summed E-state index contributed by atoms with van der Waals surface area (Å²) in [6.45, 7) is 4.14. The van der Waals surface area contributed by atoms with Crippen molar-refractivity contribution >= 4 is 0 Å². The minimum atomic E-state index is 0.164. The summed E-state index contributed by atoms with van der Waals surface area (Å²) < 4.78 is 10.5. The van der Waals surface area contributed by atoms with E-state index in [0.717, 1.165) is 11.3 Å². The van der Waals surface area contributed by atoms with Crippen LogP contribution in [0.1, 0.15) is 25.7 Å². The van der Waals surface area contributed by atoms with E-state index < -0.39 is 0 Å². The zero-order valence-corrected chi connectivity index (χ0v) is 11.7. The minimum Gasteiger partial charge on any atom is -0.497 e. The summed E-state index contributed by atoms with van der Waals surface area (Å²) >= 11 is 0. The number of hydrogen-bond acceptors (Lipinski definition) is 5. The molecule has 2 rings (SSSR count). The Morgan fingerprint density at radius 1 is 1.32 bits per heavy atom. The summed E-state index contributed by atoms with van der Waals surface area (Å²) in [6, 6.07) is 7.89. The molecule has 0 aliphatic heterocycles. The lowest BCUT2D eigenvalue weighted by atomic mass is 10.0. The average molecular weight is 261 g/mol. The average Bonchev–Trinajstić information content (AvgIpc) is 2.95. The van der Waals surface area contributed by atoms with Crippen molar-refractivity contribution in [1.29, 1.82) is 0 Å². The Bertz CT molecular complexity index is 539. The van der Waals surface area contributed by atoms with Crippen LogP contribution in [0.2, 0.25) is 0 Å². The van der Waals surface area contributed by atoms with Crippen LogP contribution in [0.5, 0.6) is 5.75 Å². The minimum absolute atomic E-state index is 0.164. The van der Waals surface area contributed by atoms with Crippen molar-refractivity contribution < 1.29 is 9.26 Å². The van der Waals surface area contributed by atoms with Gasteiger partial charge in [0.15, 0.2) is 0 Å². The molecule has 5 nitrogen and oxygen atoms in total. The monoisotopic (exact) mass is 261 g/mol. The highest BCUT2D eigenvalue weighted by Gasteiger charge is 2.20. The maximum Gasteiger partial charge on any atom is 0.231 e. The lowest BCUT2D eigenvalue weighted by molar-refractivity contribution is 0.336. The van der Waals surface area contributed by atoms with Crippen LogP contribution in [-0.4, -0.2) is 30.3 Å². The fourth-order valence-electron chi connectivity index (χ4n) is 1.76. The normalized spacial score (nSPS) is 14.1. The Kier molecular flexibility index (Phi) is 4.16. The van der Waals surface area contributed by atoms with E-state index in [1.54, 1.807) is 7.11 Å². The van der Waals surface area contributed by atoms with Crippen LogP contribution in [0.4, 0.5) is 0 Å². The van der Waals surface area contributed by atoms with E-state index in [0.29, 0.717) is 11.7 Å². The van der Waals surface area contributed by atoms with Crippen LogP contribution in [-0.2, 0) is 0 Å². The second-order valence-corrected chi connectivity index (χ2v) is 4.55. The first kappa shape index (κ1) is 13.5. The first-order valence-corrected chi connectivity index (χ1v) is 6.31. The Labute approximate surface area is 113 Å². The Morgan fingerprint density at radius 2 is 2.11 bits per heavy atom. The molecule has 5 heteroatoms. The molecule has 2 unspecified atom stereocenters. The number of hydrogen-bond donors (Lipinski definition) is 1. The quantitative estimate of drug-likeness (QED) is 0.895. The molecule has 1 aromatic heterocycles. The van der Waals surface area contributed by atoms with Gasteiger partial charge in [0.1, 0.15) is 5.75 Å². The molecule has 1 N–H and O–H groups in total. The molecule has 0 radical (unpaired) electrons. The van der Waals surface area contributed by atoms with Gasteiger partial charge in [-0.3, -0.25) is 0 Å². The predicted octanol–water partition coefficient (Wildman–Crippen LogP) is 2.46. The number of aromatic nitrogens is 2. The molecule has 0 aliphatic rings. The third kappa shape index (κ3) is 2.93. The lowest BCUT2D eigenvalue weighted by Gasteiger charge is -2.14. The van der Waals surface area contributed by atoms with Gasteiger partial charge < -0.3 is 14.6 Å². The van der Waals surface area contributed by atoms with Crippen molar-refractivity contribution in [3.63, 3.8) is 0 Å². The largest absolute Gasteiger partial charge is 0.497 e. The second kappa shape index (κ2) is 5.84. The van der Waals surface area contributed by atoms with E-state index in [1.165, 1.54) is 0 Å². The summed E-state index contributed by atoms with van der Waals surface area (Å²) in [5.41, 5.74) is 0.888. The maximum atomic E-state index is 5.34. The maximum absolute atomic E-state index is 5.34. The molecule has 0 amide bonds. The molecule has 2 aromatic rings. The van der Waals surface area contributed by atoms with Crippen molar-refractivity contribution in [2.75, 3.05) is 14.2 Å². The van der Waals surface area contributed by atoms with Crippen molar-refractivity contribution in [2.24, 2.45) is 0 Å². The summed E-state index contributed by atoms with van der Waals surface area (Å²) in [4.78, 5) is 4.45. The highest BCUT2D eigenvalue weighted by atomic mass is 16.5. The predicted molar refractivity (Wildman–Crippen MR) is 73.2 cm³/mol. The molecular weight excluding hydrogens is 242 g/mol. The second-order valence-electron chi connectivity index (χ2n) is 4.55. The smallest absolute Gasteiger partial charge is 0.231 e. The molecule has 2 atom stereocenters. The van der Waals surface area contributed by atoms with Gasteiger partial charge in [-0.2, -0.15) is 4.98 Å². The standard InChI is InChI=1S/C14H19N3O2/c1-9(10(2)15-3)14-16-13(17-19-14)11-6-5-7-12(8-11)18-4/h5-10,15H,1-4H3. The van der Waals surface area contributed by atoms with Crippen LogP contribution in [0.3, 0.4) is 0 Å². The van der Waals surface area contributed by atoms with Crippen molar-refractivity contribution in [2.45, 2.75) is 25.8 Å². The molecule has 1 aromatic carbocycles. The molecule has 102 valence electrons. The number of methoxy groups -OCH3 is 1. The van der Waals surface area contributed by atoms with E-state index in [9.17, 15) is 0 Å². The first-order chi connectivity index (χ1) is 9.15. The van der Waals surface area contributed by atoms with Gasteiger partial charge in [0.25, 0.3) is 0 Å². The Hall–Kier alpha value is -1.88. The molecule has 0 saturated heterocycles. The summed E-state index contributed by atoms with van der Waals surface area (Å²) in [7, 11) is 3.55. The third-order valence-corrected chi connectivity index (χ3v) is 3.36. The number of benzene rings is 1. The topological polar surface area (TPSA) is 60.2 Å². The zero-order chi connectivity index (χ0) is 13.8. The summed E-state index contributed by atoms with van der Waals surface area (Å²) in [5.74, 6) is 2.17. The van der Waals surface area contributed by atoms with Gasteiger partial charge in [0, 0.05) is 11.6 Å². The van der Waals surface area contributed by atoms with Gasteiger partial charge in [-0.25, -0.2) is 0 Å². The van der Waals surface area contributed by atoms with Gasteiger partial charge in [-0.1, -0.05) is 24.2 Å². The van der Waals surface area contributed by atoms with E-state index >= 15 is 0 Å². The fraction of sp³-hybridized carbons (Fsp3) is 0.429. The highest BCUT2D eigenvalue weighted by molar-refractivity contribution is 5.56. The number of nitrogens with one attached hydrogen (secondary N) is 1. The highest BCUT2D eigenvalue weighted by Crippen LogP contribution is 2.24. The molecule has 0 spiro atoms. The van der Waals surface area contributed by atoms with Gasteiger partial charge in [0.2, 0.25) is 11.7 Å². The van der Waals surface area contributed by atoms with Gasteiger partial charge >= 0.3 is 0 Å². The SMILES string of the molecule is CNC(C)C(C)c1nc(-c2cccc(OC)c2)no1. The van der Waals surface area contributed by atoms with E-state index in [4.69, 9.17) is 9.26 Å². The van der Waals surface area contributed by atoms with Crippen LogP contribution < -0.4 is 10.1 Å². The summed E-state index contributed by atoms with van der Waals surface area (Å²) in [5, 5.41) is 7.21. The number of nitrogens with zero attached hydrogens (tertiary/aromatic N) is 2.